The van der Waals surface area contributed by atoms with E-state index in [2.05, 4.69) is 10.1 Å². The molecule has 0 bridgehead atoms. The molecular formula is C16H9N3O4. The largest absolute Gasteiger partial charge is 0.507 e. The molecule has 23 heavy (non-hydrogen) atoms. The highest BCUT2D eigenvalue weighted by Crippen LogP contribution is 2.29. The van der Waals surface area contributed by atoms with Gasteiger partial charge in [-0.25, -0.2) is 4.79 Å². The topological polar surface area (TPSA) is 120 Å². The van der Waals surface area contributed by atoms with Crippen molar-refractivity contribution in [2.75, 3.05) is 0 Å². The summed E-state index contributed by atoms with van der Waals surface area (Å²) in [4.78, 5) is 15.2. The predicted molar refractivity (Wildman–Crippen MR) is 78.5 cm³/mol. The molecule has 0 atom stereocenters. The number of phenolic OH excluding ortho intramolecular Hbond substituents is 1. The molecule has 7 nitrogen and oxygen atoms in total. The molecule has 0 aliphatic rings. The third-order valence-electron chi connectivity index (χ3n) is 3.17. The van der Waals surface area contributed by atoms with Gasteiger partial charge < -0.3 is 14.7 Å². The number of phenols is 1. The summed E-state index contributed by atoms with van der Waals surface area (Å²) in [7, 11) is 0. The fourth-order valence-corrected chi connectivity index (χ4v) is 1.99. The van der Waals surface area contributed by atoms with E-state index in [0.29, 0.717) is 11.1 Å². The summed E-state index contributed by atoms with van der Waals surface area (Å²) in [6.45, 7) is 0. The first-order valence-corrected chi connectivity index (χ1v) is 6.49. The molecule has 0 fully saturated rings. The van der Waals surface area contributed by atoms with Gasteiger partial charge in [-0.05, 0) is 42.5 Å². The number of rotatable bonds is 3. The summed E-state index contributed by atoms with van der Waals surface area (Å²) in [5.41, 5.74) is 1.27. The van der Waals surface area contributed by atoms with Gasteiger partial charge in [0.25, 0.3) is 5.89 Å². The zero-order valence-electron chi connectivity index (χ0n) is 11.6. The number of nitrogens with zero attached hydrogens (tertiary/aromatic N) is 3. The van der Waals surface area contributed by atoms with Crippen molar-refractivity contribution >= 4 is 5.97 Å². The van der Waals surface area contributed by atoms with Crippen molar-refractivity contribution in [3.63, 3.8) is 0 Å². The molecule has 112 valence electrons. The number of carboxylic acids is 1. The van der Waals surface area contributed by atoms with Gasteiger partial charge in [-0.1, -0.05) is 5.16 Å². The van der Waals surface area contributed by atoms with Gasteiger partial charge in [0.1, 0.15) is 5.75 Å². The summed E-state index contributed by atoms with van der Waals surface area (Å²) in [5.74, 6) is -1.00. The number of aromatic carboxylic acids is 1. The van der Waals surface area contributed by atoms with Crippen LogP contribution in [0.2, 0.25) is 0 Å². The SMILES string of the molecule is N#Cc1ccc(-c2nc(-c3cc(C(=O)O)ccc3O)no2)cc1. The van der Waals surface area contributed by atoms with E-state index >= 15 is 0 Å². The Bertz CT molecular complexity index is 923. The van der Waals surface area contributed by atoms with E-state index in [1.54, 1.807) is 24.3 Å². The molecule has 0 amide bonds. The van der Waals surface area contributed by atoms with Gasteiger partial charge in [0.15, 0.2) is 0 Å². The summed E-state index contributed by atoms with van der Waals surface area (Å²) in [6.07, 6.45) is 0. The Morgan fingerprint density at radius 2 is 1.91 bits per heavy atom. The minimum Gasteiger partial charge on any atom is -0.507 e. The van der Waals surface area contributed by atoms with Crippen LogP contribution in [-0.4, -0.2) is 26.3 Å². The number of aromatic nitrogens is 2. The van der Waals surface area contributed by atoms with Gasteiger partial charge >= 0.3 is 5.97 Å². The molecule has 7 heteroatoms. The Hall–Kier alpha value is -3.66. The highest BCUT2D eigenvalue weighted by Gasteiger charge is 2.16. The van der Waals surface area contributed by atoms with Crippen LogP contribution in [0.15, 0.2) is 47.0 Å². The fourth-order valence-electron chi connectivity index (χ4n) is 1.99. The quantitative estimate of drug-likeness (QED) is 0.763. The lowest BCUT2D eigenvalue weighted by Gasteiger charge is -2.01. The summed E-state index contributed by atoms with van der Waals surface area (Å²) in [5, 5.41) is 31.4. The molecule has 0 aliphatic heterocycles. The number of nitriles is 1. The van der Waals surface area contributed by atoms with Crippen molar-refractivity contribution < 1.29 is 19.5 Å². The lowest BCUT2D eigenvalue weighted by atomic mass is 10.1. The van der Waals surface area contributed by atoms with Crippen molar-refractivity contribution in [2.24, 2.45) is 0 Å². The Morgan fingerprint density at radius 1 is 1.17 bits per heavy atom. The summed E-state index contributed by atoms with van der Waals surface area (Å²) in [6, 6.07) is 12.4. The van der Waals surface area contributed by atoms with Gasteiger partial charge in [-0.2, -0.15) is 10.2 Å². The molecule has 0 saturated heterocycles. The molecule has 0 unspecified atom stereocenters. The number of carboxylic acid groups (broad SMARTS) is 1. The van der Waals surface area contributed by atoms with Crippen molar-refractivity contribution in [3.05, 3.63) is 53.6 Å². The van der Waals surface area contributed by atoms with Crippen LogP contribution in [-0.2, 0) is 0 Å². The van der Waals surface area contributed by atoms with Crippen LogP contribution in [0.3, 0.4) is 0 Å². The molecule has 1 aromatic heterocycles. The first-order chi connectivity index (χ1) is 11.1. The van der Waals surface area contributed by atoms with E-state index in [0.717, 1.165) is 0 Å². The maximum Gasteiger partial charge on any atom is 0.335 e. The second-order valence-corrected chi connectivity index (χ2v) is 4.65. The van der Waals surface area contributed by atoms with Crippen LogP contribution in [0.5, 0.6) is 5.75 Å². The summed E-state index contributed by atoms with van der Waals surface area (Å²) >= 11 is 0. The average molecular weight is 307 g/mol. The number of aromatic hydroxyl groups is 1. The van der Waals surface area contributed by atoms with Crippen LogP contribution in [0.4, 0.5) is 0 Å². The van der Waals surface area contributed by atoms with Crippen LogP contribution >= 0.6 is 0 Å². The zero-order chi connectivity index (χ0) is 16.4. The van der Waals surface area contributed by atoms with Crippen LogP contribution in [0, 0.1) is 11.3 Å². The Balaban J connectivity index is 2.00. The second kappa shape index (κ2) is 5.61. The lowest BCUT2D eigenvalue weighted by Crippen LogP contribution is -1.96. The van der Waals surface area contributed by atoms with Crippen molar-refractivity contribution in [1.82, 2.24) is 10.1 Å². The molecule has 0 radical (unpaired) electrons. The molecule has 1 heterocycles. The molecule has 0 spiro atoms. The second-order valence-electron chi connectivity index (χ2n) is 4.65. The summed E-state index contributed by atoms with van der Waals surface area (Å²) < 4.78 is 5.13. The normalized spacial score (nSPS) is 10.2. The molecule has 0 aliphatic carbocycles. The van der Waals surface area contributed by atoms with Gasteiger partial charge in [0.2, 0.25) is 5.82 Å². The highest BCUT2D eigenvalue weighted by molar-refractivity contribution is 5.90. The van der Waals surface area contributed by atoms with E-state index in [1.807, 2.05) is 6.07 Å². The van der Waals surface area contributed by atoms with E-state index < -0.39 is 5.97 Å². The minimum absolute atomic E-state index is 0.00234. The van der Waals surface area contributed by atoms with Crippen molar-refractivity contribution in [2.45, 2.75) is 0 Å². The lowest BCUT2D eigenvalue weighted by molar-refractivity contribution is 0.0697. The minimum atomic E-state index is -1.12. The monoisotopic (exact) mass is 307 g/mol. The standard InChI is InChI=1S/C16H9N3O4/c17-8-9-1-3-10(4-2-9)15-18-14(19-23-15)12-7-11(16(21)22)5-6-13(12)20/h1-7,20H,(H,21,22). The first kappa shape index (κ1) is 14.3. The van der Waals surface area contributed by atoms with Gasteiger partial charge in [-0.15, -0.1) is 0 Å². The van der Waals surface area contributed by atoms with Gasteiger partial charge in [0.05, 0.1) is 22.8 Å². The van der Waals surface area contributed by atoms with Gasteiger partial charge in [0, 0.05) is 5.56 Å². The first-order valence-electron chi connectivity index (χ1n) is 6.49. The number of hydrogen-bond acceptors (Lipinski definition) is 6. The number of hydrogen-bond donors (Lipinski definition) is 2. The van der Waals surface area contributed by atoms with Crippen molar-refractivity contribution in [3.8, 4) is 34.7 Å². The molecule has 3 rings (SSSR count). The zero-order valence-corrected chi connectivity index (χ0v) is 11.6. The highest BCUT2D eigenvalue weighted by atomic mass is 16.5. The van der Waals surface area contributed by atoms with Crippen molar-refractivity contribution in [1.29, 1.82) is 5.26 Å². The van der Waals surface area contributed by atoms with Crippen LogP contribution in [0.1, 0.15) is 15.9 Å². The number of benzene rings is 2. The van der Waals surface area contributed by atoms with E-state index in [4.69, 9.17) is 14.9 Å². The van der Waals surface area contributed by atoms with Crippen LogP contribution < -0.4 is 0 Å². The third-order valence-corrected chi connectivity index (χ3v) is 3.17. The predicted octanol–water partition coefficient (Wildman–Crippen LogP) is 2.68. The van der Waals surface area contributed by atoms with E-state index in [1.165, 1.54) is 18.2 Å². The maximum absolute atomic E-state index is 11.0. The Kier molecular flexibility index (Phi) is 3.49. The Labute approximate surface area is 130 Å². The number of carbonyl (C=O) groups is 1. The smallest absolute Gasteiger partial charge is 0.335 e. The average Bonchev–Trinajstić information content (AvgIpc) is 3.05. The van der Waals surface area contributed by atoms with E-state index in [-0.39, 0.29) is 28.6 Å². The molecule has 2 N–H and O–H groups in total. The Morgan fingerprint density at radius 3 is 2.57 bits per heavy atom. The van der Waals surface area contributed by atoms with E-state index in [9.17, 15) is 9.90 Å². The maximum atomic E-state index is 11.0. The molecule has 2 aromatic carbocycles. The fraction of sp³-hybridized carbons (Fsp3) is 0. The molecular weight excluding hydrogens is 298 g/mol. The van der Waals surface area contributed by atoms with Crippen LogP contribution in [0.25, 0.3) is 22.8 Å². The molecule has 0 saturated carbocycles. The third kappa shape index (κ3) is 2.73. The van der Waals surface area contributed by atoms with Gasteiger partial charge in [-0.3, -0.25) is 0 Å². The molecule has 3 aromatic rings.